The van der Waals surface area contributed by atoms with E-state index in [1.807, 2.05) is 37.4 Å². The van der Waals surface area contributed by atoms with E-state index < -0.39 is 0 Å². The van der Waals surface area contributed by atoms with Crippen LogP contribution in [0.3, 0.4) is 0 Å². The van der Waals surface area contributed by atoms with E-state index in [1.165, 1.54) is 5.56 Å². The number of hydrogen-bond donors (Lipinski definition) is 1. The van der Waals surface area contributed by atoms with Crippen molar-refractivity contribution in [1.29, 1.82) is 0 Å². The van der Waals surface area contributed by atoms with Gasteiger partial charge < -0.3 is 5.32 Å². The molecule has 0 atom stereocenters. The van der Waals surface area contributed by atoms with E-state index in [0.29, 0.717) is 0 Å². The number of fused-ring (bicyclic) bond motifs is 1. The SMILES string of the molecule is CNCc1cc2ccccc2nc1Sc1ncccc1Br. The number of pyridine rings is 2. The van der Waals surface area contributed by atoms with Gasteiger partial charge in [-0.1, -0.05) is 18.2 Å². The van der Waals surface area contributed by atoms with Gasteiger partial charge in [-0.05, 0) is 64.6 Å². The molecule has 106 valence electrons. The number of aromatic nitrogens is 2. The summed E-state index contributed by atoms with van der Waals surface area (Å²) in [5, 5.41) is 6.28. The molecule has 0 radical (unpaired) electrons. The third-order valence-electron chi connectivity index (χ3n) is 3.05. The van der Waals surface area contributed by atoms with Gasteiger partial charge in [-0.15, -0.1) is 0 Å². The summed E-state index contributed by atoms with van der Waals surface area (Å²) in [6.07, 6.45) is 1.80. The molecule has 2 heterocycles. The molecule has 0 aliphatic carbocycles. The van der Waals surface area contributed by atoms with E-state index >= 15 is 0 Å². The molecular formula is C16H14BrN3S. The van der Waals surface area contributed by atoms with Crippen LogP contribution in [0.1, 0.15) is 5.56 Å². The third-order valence-corrected chi connectivity index (χ3v) is 5.02. The quantitative estimate of drug-likeness (QED) is 0.754. The summed E-state index contributed by atoms with van der Waals surface area (Å²) >= 11 is 5.13. The highest BCUT2D eigenvalue weighted by Crippen LogP contribution is 2.33. The summed E-state index contributed by atoms with van der Waals surface area (Å²) in [6.45, 7) is 0.782. The van der Waals surface area contributed by atoms with Crippen molar-refractivity contribution in [3.8, 4) is 0 Å². The molecule has 0 bridgehead atoms. The first kappa shape index (κ1) is 14.5. The van der Waals surface area contributed by atoms with Gasteiger partial charge in [-0.2, -0.15) is 0 Å². The van der Waals surface area contributed by atoms with E-state index in [2.05, 4.69) is 38.4 Å². The molecule has 21 heavy (non-hydrogen) atoms. The van der Waals surface area contributed by atoms with Crippen molar-refractivity contribution in [3.63, 3.8) is 0 Å². The fourth-order valence-electron chi connectivity index (χ4n) is 2.09. The van der Waals surface area contributed by atoms with E-state index in [9.17, 15) is 0 Å². The number of halogens is 1. The van der Waals surface area contributed by atoms with Gasteiger partial charge in [0, 0.05) is 18.1 Å². The Balaban J connectivity index is 2.07. The largest absolute Gasteiger partial charge is 0.316 e. The van der Waals surface area contributed by atoms with Crippen LogP contribution in [0.15, 0.2) is 63.2 Å². The molecule has 0 aliphatic heterocycles. The van der Waals surface area contributed by atoms with Crippen molar-refractivity contribution in [2.75, 3.05) is 7.05 Å². The van der Waals surface area contributed by atoms with Crippen LogP contribution >= 0.6 is 27.7 Å². The average molecular weight is 360 g/mol. The smallest absolute Gasteiger partial charge is 0.116 e. The second-order valence-corrected chi connectivity index (χ2v) is 6.40. The summed E-state index contributed by atoms with van der Waals surface area (Å²) in [5.74, 6) is 0. The van der Waals surface area contributed by atoms with Crippen LogP contribution in [0, 0.1) is 0 Å². The minimum Gasteiger partial charge on any atom is -0.316 e. The van der Waals surface area contributed by atoms with Crippen molar-refractivity contribution < 1.29 is 0 Å². The van der Waals surface area contributed by atoms with Crippen LogP contribution in [0.2, 0.25) is 0 Å². The monoisotopic (exact) mass is 359 g/mol. The van der Waals surface area contributed by atoms with Gasteiger partial charge >= 0.3 is 0 Å². The Bertz CT molecular complexity index is 776. The molecule has 0 aliphatic rings. The summed E-state index contributed by atoms with van der Waals surface area (Å²) < 4.78 is 0.986. The fraction of sp³-hybridized carbons (Fsp3) is 0.125. The van der Waals surface area contributed by atoms with Crippen molar-refractivity contribution in [1.82, 2.24) is 15.3 Å². The molecule has 0 unspecified atom stereocenters. The van der Waals surface area contributed by atoms with Crippen molar-refractivity contribution in [2.24, 2.45) is 0 Å². The van der Waals surface area contributed by atoms with E-state index in [0.717, 1.165) is 32.0 Å². The van der Waals surface area contributed by atoms with Crippen molar-refractivity contribution >= 4 is 38.6 Å². The molecule has 1 aromatic carbocycles. The van der Waals surface area contributed by atoms with Gasteiger partial charge in [0.15, 0.2) is 0 Å². The maximum absolute atomic E-state index is 4.79. The Morgan fingerprint density at radius 1 is 1.14 bits per heavy atom. The standard InChI is InChI=1S/C16H14BrN3S/c1-18-10-12-9-11-5-2-3-7-14(11)20-15(12)21-16-13(17)6-4-8-19-16/h2-9,18H,10H2,1H3. The Morgan fingerprint density at radius 2 is 2.00 bits per heavy atom. The van der Waals surface area contributed by atoms with Gasteiger partial charge in [0.2, 0.25) is 0 Å². The molecule has 0 spiro atoms. The lowest BCUT2D eigenvalue weighted by Crippen LogP contribution is -2.07. The van der Waals surface area contributed by atoms with E-state index in [1.54, 1.807) is 18.0 Å². The number of hydrogen-bond acceptors (Lipinski definition) is 4. The third kappa shape index (κ3) is 3.26. The number of rotatable bonds is 4. The second-order valence-electron chi connectivity index (χ2n) is 4.57. The normalized spacial score (nSPS) is 11.0. The summed E-state index contributed by atoms with van der Waals surface area (Å²) in [6, 6.07) is 14.3. The molecule has 0 saturated heterocycles. The highest BCUT2D eigenvalue weighted by molar-refractivity contribution is 9.10. The number of nitrogens with zero attached hydrogens (tertiary/aromatic N) is 2. The molecule has 0 saturated carbocycles. The number of nitrogens with one attached hydrogen (secondary N) is 1. The predicted molar refractivity (Wildman–Crippen MR) is 90.6 cm³/mol. The molecule has 5 heteroatoms. The Morgan fingerprint density at radius 3 is 2.81 bits per heavy atom. The lowest BCUT2D eigenvalue weighted by Gasteiger charge is -2.10. The minimum absolute atomic E-state index is 0.782. The highest BCUT2D eigenvalue weighted by Gasteiger charge is 2.11. The molecular weight excluding hydrogens is 346 g/mol. The number of para-hydroxylation sites is 1. The van der Waals surface area contributed by atoms with Crippen LogP contribution in [-0.2, 0) is 6.54 Å². The van der Waals surface area contributed by atoms with Gasteiger partial charge in [-0.3, -0.25) is 0 Å². The van der Waals surface area contributed by atoms with E-state index in [4.69, 9.17) is 4.98 Å². The minimum atomic E-state index is 0.782. The molecule has 0 fully saturated rings. The first-order valence-corrected chi connectivity index (χ1v) is 8.20. The molecule has 3 aromatic rings. The van der Waals surface area contributed by atoms with Crippen LogP contribution < -0.4 is 5.32 Å². The predicted octanol–water partition coefficient (Wildman–Crippen LogP) is 4.26. The fourth-order valence-corrected chi connectivity index (χ4v) is 3.45. The maximum Gasteiger partial charge on any atom is 0.116 e. The Kier molecular flexibility index (Phi) is 4.53. The molecule has 3 rings (SSSR count). The zero-order chi connectivity index (χ0) is 14.7. The zero-order valence-corrected chi connectivity index (χ0v) is 13.9. The lowest BCUT2D eigenvalue weighted by molar-refractivity contribution is 0.793. The molecule has 0 amide bonds. The Hall–Kier alpha value is -1.43. The topological polar surface area (TPSA) is 37.8 Å². The molecule has 2 aromatic heterocycles. The highest BCUT2D eigenvalue weighted by atomic mass is 79.9. The first-order chi connectivity index (χ1) is 10.3. The van der Waals surface area contributed by atoms with Gasteiger partial charge in [0.05, 0.1) is 9.99 Å². The maximum atomic E-state index is 4.79. The number of benzene rings is 1. The van der Waals surface area contributed by atoms with Gasteiger partial charge in [0.1, 0.15) is 10.1 Å². The zero-order valence-electron chi connectivity index (χ0n) is 11.5. The first-order valence-electron chi connectivity index (χ1n) is 6.59. The summed E-state index contributed by atoms with van der Waals surface area (Å²) in [7, 11) is 1.94. The van der Waals surface area contributed by atoms with Crippen LogP contribution in [0.4, 0.5) is 0 Å². The average Bonchev–Trinajstić information content (AvgIpc) is 2.50. The Labute approximate surface area is 136 Å². The van der Waals surface area contributed by atoms with E-state index in [-0.39, 0.29) is 0 Å². The molecule has 3 nitrogen and oxygen atoms in total. The molecule has 1 N–H and O–H groups in total. The van der Waals surface area contributed by atoms with Crippen LogP contribution in [0.5, 0.6) is 0 Å². The van der Waals surface area contributed by atoms with Crippen LogP contribution in [-0.4, -0.2) is 17.0 Å². The lowest BCUT2D eigenvalue weighted by atomic mass is 10.1. The van der Waals surface area contributed by atoms with Crippen molar-refractivity contribution in [3.05, 3.63) is 58.7 Å². The van der Waals surface area contributed by atoms with Crippen molar-refractivity contribution in [2.45, 2.75) is 16.6 Å². The van der Waals surface area contributed by atoms with Crippen LogP contribution in [0.25, 0.3) is 10.9 Å². The van der Waals surface area contributed by atoms with Gasteiger partial charge in [-0.25, -0.2) is 9.97 Å². The summed E-state index contributed by atoms with van der Waals surface area (Å²) in [5.41, 5.74) is 2.19. The summed E-state index contributed by atoms with van der Waals surface area (Å²) in [4.78, 5) is 9.20. The van der Waals surface area contributed by atoms with Gasteiger partial charge in [0.25, 0.3) is 0 Å². The second kappa shape index (κ2) is 6.56.